The molecule has 0 amide bonds. The van der Waals surface area contributed by atoms with Gasteiger partial charge in [0.1, 0.15) is 5.01 Å². The highest BCUT2D eigenvalue weighted by Crippen LogP contribution is 2.31. The number of nitrogens with two attached hydrogens (primary N) is 1. The Balaban J connectivity index is 2.32. The zero-order valence-corrected chi connectivity index (χ0v) is 10.5. The lowest BCUT2D eigenvalue weighted by Crippen LogP contribution is -2.12. The van der Waals surface area contributed by atoms with Crippen molar-refractivity contribution in [1.29, 1.82) is 0 Å². The van der Waals surface area contributed by atoms with Crippen molar-refractivity contribution in [3.05, 3.63) is 38.0 Å². The van der Waals surface area contributed by atoms with Crippen LogP contribution in [0.25, 0.3) is 0 Å². The van der Waals surface area contributed by atoms with E-state index in [0.717, 1.165) is 10.7 Å². The van der Waals surface area contributed by atoms with Crippen LogP contribution in [0, 0.1) is 13.8 Å². The Morgan fingerprint density at radius 3 is 2.67 bits per heavy atom. The lowest BCUT2D eigenvalue weighted by molar-refractivity contribution is 0.821. The summed E-state index contributed by atoms with van der Waals surface area (Å²) in [4.78, 5) is 7.17. The van der Waals surface area contributed by atoms with E-state index in [1.54, 1.807) is 11.3 Å². The van der Waals surface area contributed by atoms with E-state index in [0.29, 0.717) is 6.54 Å². The zero-order chi connectivity index (χ0) is 10.8. The summed E-state index contributed by atoms with van der Waals surface area (Å²) in [6.45, 7) is 4.77. The molecule has 0 bridgehead atoms. The first-order valence-electron chi connectivity index (χ1n) is 4.89. The highest BCUT2D eigenvalue weighted by molar-refractivity contribution is 7.12. The zero-order valence-electron chi connectivity index (χ0n) is 8.86. The van der Waals surface area contributed by atoms with E-state index in [4.69, 9.17) is 5.73 Å². The molecular weight excluding hydrogens is 224 g/mol. The van der Waals surface area contributed by atoms with Crippen molar-refractivity contribution in [3.8, 4) is 0 Å². The fourth-order valence-corrected chi connectivity index (χ4v) is 3.51. The average Bonchev–Trinajstić information content (AvgIpc) is 2.78. The molecule has 2 heterocycles. The van der Waals surface area contributed by atoms with Crippen molar-refractivity contribution in [2.75, 3.05) is 6.54 Å². The molecule has 0 saturated heterocycles. The van der Waals surface area contributed by atoms with E-state index in [1.807, 2.05) is 18.3 Å². The SMILES string of the molecule is Cc1csc(C(CN)c2ccc(C)s2)n1. The fourth-order valence-electron chi connectivity index (χ4n) is 1.51. The second-order valence-corrected chi connectivity index (χ2v) is 5.77. The van der Waals surface area contributed by atoms with Crippen LogP contribution in [0.3, 0.4) is 0 Å². The second kappa shape index (κ2) is 4.43. The number of nitrogens with zero attached hydrogens (tertiary/aromatic N) is 1. The van der Waals surface area contributed by atoms with Crippen LogP contribution in [-0.4, -0.2) is 11.5 Å². The van der Waals surface area contributed by atoms with Crippen LogP contribution >= 0.6 is 22.7 Å². The second-order valence-electron chi connectivity index (χ2n) is 3.56. The minimum absolute atomic E-state index is 0.280. The molecule has 2 N–H and O–H groups in total. The molecule has 0 aliphatic rings. The van der Waals surface area contributed by atoms with Gasteiger partial charge in [-0.2, -0.15) is 0 Å². The quantitative estimate of drug-likeness (QED) is 0.893. The Labute approximate surface area is 97.8 Å². The highest BCUT2D eigenvalue weighted by atomic mass is 32.1. The predicted octanol–water partition coefficient (Wildman–Crippen LogP) is 2.91. The number of hydrogen-bond donors (Lipinski definition) is 1. The summed E-state index contributed by atoms with van der Waals surface area (Å²) >= 11 is 3.51. The first-order valence-corrected chi connectivity index (χ1v) is 6.58. The van der Waals surface area contributed by atoms with Crippen LogP contribution in [0.5, 0.6) is 0 Å². The number of thiazole rings is 1. The number of aromatic nitrogens is 1. The Kier molecular flexibility index (Phi) is 3.19. The van der Waals surface area contributed by atoms with E-state index in [-0.39, 0.29) is 5.92 Å². The monoisotopic (exact) mass is 238 g/mol. The van der Waals surface area contributed by atoms with Crippen molar-refractivity contribution in [1.82, 2.24) is 4.98 Å². The molecule has 4 heteroatoms. The fraction of sp³-hybridized carbons (Fsp3) is 0.364. The Hall–Kier alpha value is -0.710. The largest absolute Gasteiger partial charge is 0.329 e. The third kappa shape index (κ3) is 2.27. The van der Waals surface area contributed by atoms with Crippen LogP contribution in [0.2, 0.25) is 0 Å². The van der Waals surface area contributed by atoms with Gasteiger partial charge in [-0.05, 0) is 26.0 Å². The minimum atomic E-state index is 0.280. The molecule has 15 heavy (non-hydrogen) atoms. The van der Waals surface area contributed by atoms with Gasteiger partial charge in [-0.3, -0.25) is 0 Å². The van der Waals surface area contributed by atoms with E-state index >= 15 is 0 Å². The molecule has 0 fully saturated rings. The van der Waals surface area contributed by atoms with Gasteiger partial charge in [-0.15, -0.1) is 22.7 Å². The summed E-state index contributed by atoms with van der Waals surface area (Å²) in [6.07, 6.45) is 0. The van der Waals surface area contributed by atoms with Gasteiger partial charge in [-0.1, -0.05) is 0 Å². The molecule has 2 aromatic rings. The van der Waals surface area contributed by atoms with Crippen LogP contribution < -0.4 is 5.73 Å². The van der Waals surface area contributed by atoms with E-state index < -0.39 is 0 Å². The smallest absolute Gasteiger partial charge is 0.102 e. The average molecular weight is 238 g/mol. The lowest BCUT2D eigenvalue weighted by Gasteiger charge is -2.08. The van der Waals surface area contributed by atoms with Gasteiger partial charge in [0.25, 0.3) is 0 Å². The van der Waals surface area contributed by atoms with Gasteiger partial charge in [0, 0.05) is 27.4 Å². The maximum atomic E-state index is 5.83. The molecule has 2 rings (SSSR count). The first kappa shape index (κ1) is 10.8. The molecule has 0 saturated carbocycles. The molecule has 2 aromatic heterocycles. The van der Waals surface area contributed by atoms with Crippen molar-refractivity contribution in [2.45, 2.75) is 19.8 Å². The standard InChI is InChI=1S/C11H14N2S2/c1-7-6-14-11(13-7)9(5-12)10-4-3-8(2)15-10/h3-4,6,9H,5,12H2,1-2H3. The normalized spacial score (nSPS) is 13.0. The molecule has 0 aliphatic heterocycles. The van der Waals surface area contributed by atoms with Crippen LogP contribution in [0.15, 0.2) is 17.5 Å². The Morgan fingerprint density at radius 2 is 2.20 bits per heavy atom. The summed E-state index contributed by atoms with van der Waals surface area (Å²) < 4.78 is 0. The van der Waals surface area contributed by atoms with Gasteiger partial charge in [0.2, 0.25) is 0 Å². The predicted molar refractivity (Wildman–Crippen MR) is 66.8 cm³/mol. The van der Waals surface area contributed by atoms with E-state index in [9.17, 15) is 0 Å². The molecule has 0 spiro atoms. The minimum Gasteiger partial charge on any atom is -0.329 e. The summed E-state index contributed by atoms with van der Waals surface area (Å²) in [7, 11) is 0. The van der Waals surface area contributed by atoms with Crippen LogP contribution in [0.4, 0.5) is 0 Å². The maximum absolute atomic E-state index is 5.83. The lowest BCUT2D eigenvalue weighted by atomic mass is 10.1. The number of aryl methyl sites for hydroxylation is 2. The van der Waals surface area contributed by atoms with Crippen molar-refractivity contribution >= 4 is 22.7 Å². The van der Waals surface area contributed by atoms with Crippen molar-refractivity contribution in [3.63, 3.8) is 0 Å². The van der Waals surface area contributed by atoms with Crippen molar-refractivity contribution in [2.24, 2.45) is 5.73 Å². The summed E-state index contributed by atoms with van der Waals surface area (Å²) in [5.41, 5.74) is 6.91. The molecule has 1 unspecified atom stereocenters. The van der Waals surface area contributed by atoms with Crippen molar-refractivity contribution < 1.29 is 0 Å². The molecule has 1 atom stereocenters. The summed E-state index contributed by atoms with van der Waals surface area (Å²) in [5.74, 6) is 0.280. The molecule has 0 radical (unpaired) electrons. The topological polar surface area (TPSA) is 38.9 Å². The Morgan fingerprint density at radius 1 is 1.40 bits per heavy atom. The van der Waals surface area contributed by atoms with Gasteiger partial charge in [0.05, 0.1) is 5.92 Å². The van der Waals surface area contributed by atoms with Crippen LogP contribution in [-0.2, 0) is 0 Å². The molecule has 80 valence electrons. The summed E-state index contributed by atoms with van der Waals surface area (Å²) in [6, 6.07) is 4.30. The third-order valence-electron chi connectivity index (χ3n) is 2.28. The highest BCUT2D eigenvalue weighted by Gasteiger charge is 2.17. The van der Waals surface area contributed by atoms with E-state index in [1.165, 1.54) is 9.75 Å². The molecule has 0 aromatic carbocycles. The van der Waals surface area contributed by atoms with Crippen LogP contribution in [0.1, 0.15) is 26.4 Å². The number of rotatable bonds is 3. The van der Waals surface area contributed by atoms with Gasteiger partial charge < -0.3 is 5.73 Å². The maximum Gasteiger partial charge on any atom is 0.102 e. The van der Waals surface area contributed by atoms with Gasteiger partial charge >= 0.3 is 0 Å². The molecule has 2 nitrogen and oxygen atoms in total. The third-order valence-corrected chi connectivity index (χ3v) is 4.47. The molecular formula is C11H14N2S2. The first-order chi connectivity index (χ1) is 7.20. The van der Waals surface area contributed by atoms with Gasteiger partial charge in [0.15, 0.2) is 0 Å². The number of hydrogen-bond acceptors (Lipinski definition) is 4. The Bertz CT molecular complexity index is 405. The number of thiophene rings is 1. The molecule has 0 aliphatic carbocycles. The summed E-state index contributed by atoms with van der Waals surface area (Å²) in [5, 5.41) is 3.22. The van der Waals surface area contributed by atoms with E-state index in [2.05, 4.69) is 29.4 Å². The van der Waals surface area contributed by atoms with Gasteiger partial charge in [-0.25, -0.2) is 4.98 Å².